The maximum Gasteiger partial charge on any atom is 0.206 e. The van der Waals surface area contributed by atoms with Gasteiger partial charge in [-0.05, 0) is 48.5 Å². The van der Waals surface area contributed by atoms with Crippen LogP contribution in [0.25, 0.3) is 0 Å². The molecule has 132 valence electrons. The lowest BCUT2D eigenvalue weighted by molar-refractivity contribution is 0.596. The van der Waals surface area contributed by atoms with Gasteiger partial charge in [0.2, 0.25) is 9.84 Å². The SMILES string of the molecule is O=S(=O)(c1ccc(SCC2CS2)cc1)c1ccc(SCC2CS2)cc1. The number of rotatable bonds is 8. The molecule has 0 radical (unpaired) electrons. The lowest BCUT2D eigenvalue weighted by Gasteiger charge is -2.07. The molecule has 2 atom stereocenters. The summed E-state index contributed by atoms with van der Waals surface area (Å²) in [5.74, 6) is 4.73. The fourth-order valence-corrected chi connectivity index (χ4v) is 7.17. The van der Waals surface area contributed by atoms with Gasteiger partial charge in [-0.1, -0.05) is 0 Å². The first-order chi connectivity index (χ1) is 12.1. The zero-order valence-electron chi connectivity index (χ0n) is 13.5. The first-order valence-electron chi connectivity index (χ1n) is 8.05. The predicted octanol–water partition coefficient (Wildman–Crippen LogP) is 4.93. The van der Waals surface area contributed by atoms with E-state index in [0.29, 0.717) is 9.79 Å². The average molecular weight is 427 g/mol. The Labute approximate surface area is 166 Å². The third-order valence-corrected chi connectivity index (χ3v) is 10.4. The molecule has 0 spiro atoms. The van der Waals surface area contributed by atoms with E-state index in [1.54, 1.807) is 47.8 Å². The molecule has 0 amide bonds. The minimum atomic E-state index is -3.44. The summed E-state index contributed by atoms with van der Waals surface area (Å²) in [5.41, 5.74) is 0. The summed E-state index contributed by atoms with van der Waals surface area (Å²) in [7, 11) is -3.44. The van der Waals surface area contributed by atoms with Gasteiger partial charge in [-0.3, -0.25) is 0 Å². The first kappa shape index (κ1) is 18.2. The zero-order valence-corrected chi connectivity index (χ0v) is 17.5. The quantitative estimate of drug-likeness (QED) is 0.440. The van der Waals surface area contributed by atoms with Crippen LogP contribution in [0.3, 0.4) is 0 Å². The summed E-state index contributed by atoms with van der Waals surface area (Å²) in [6, 6.07) is 14.6. The van der Waals surface area contributed by atoms with Gasteiger partial charge in [0.15, 0.2) is 0 Å². The summed E-state index contributed by atoms with van der Waals surface area (Å²) < 4.78 is 25.6. The number of thioether (sulfide) groups is 4. The number of hydrogen-bond donors (Lipinski definition) is 0. The molecular formula is C18H18O2S5. The zero-order chi connectivity index (χ0) is 17.3. The van der Waals surface area contributed by atoms with Gasteiger partial charge in [-0.2, -0.15) is 23.5 Å². The van der Waals surface area contributed by atoms with Gasteiger partial charge in [-0.15, -0.1) is 23.5 Å². The summed E-state index contributed by atoms with van der Waals surface area (Å²) in [5, 5.41) is 1.56. The molecule has 0 bridgehead atoms. The molecule has 2 fully saturated rings. The Kier molecular flexibility index (Phi) is 5.67. The van der Waals surface area contributed by atoms with Crippen LogP contribution in [0, 0.1) is 0 Å². The van der Waals surface area contributed by atoms with Crippen molar-refractivity contribution in [1.29, 1.82) is 0 Å². The maximum absolute atomic E-state index is 12.8. The van der Waals surface area contributed by atoms with E-state index in [1.807, 2.05) is 47.8 Å². The highest BCUT2D eigenvalue weighted by Gasteiger charge is 2.23. The highest BCUT2D eigenvalue weighted by atomic mass is 32.2. The van der Waals surface area contributed by atoms with Crippen LogP contribution in [0.2, 0.25) is 0 Å². The molecule has 2 saturated heterocycles. The van der Waals surface area contributed by atoms with Gasteiger partial charge in [0.25, 0.3) is 0 Å². The van der Waals surface area contributed by atoms with Crippen molar-refractivity contribution in [2.45, 2.75) is 30.1 Å². The van der Waals surface area contributed by atoms with Crippen LogP contribution in [0.1, 0.15) is 0 Å². The van der Waals surface area contributed by atoms with Crippen molar-refractivity contribution >= 4 is 56.9 Å². The molecule has 2 aromatic rings. The molecule has 0 aliphatic carbocycles. The van der Waals surface area contributed by atoms with Crippen molar-refractivity contribution in [1.82, 2.24) is 0 Å². The topological polar surface area (TPSA) is 34.1 Å². The first-order valence-corrected chi connectivity index (χ1v) is 13.6. The lowest BCUT2D eigenvalue weighted by atomic mass is 10.4. The Morgan fingerprint density at radius 1 is 0.760 bits per heavy atom. The molecule has 25 heavy (non-hydrogen) atoms. The molecule has 7 heteroatoms. The second-order valence-electron chi connectivity index (χ2n) is 5.98. The van der Waals surface area contributed by atoms with E-state index < -0.39 is 9.84 Å². The largest absolute Gasteiger partial charge is 0.219 e. The minimum absolute atomic E-state index is 0.368. The van der Waals surface area contributed by atoms with Crippen LogP contribution in [-0.2, 0) is 9.84 Å². The molecule has 0 aromatic heterocycles. The molecule has 2 aliphatic rings. The Morgan fingerprint density at radius 2 is 1.12 bits per heavy atom. The van der Waals surface area contributed by atoms with Crippen LogP contribution in [0.4, 0.5) is 0 Å². The summed E-state index contributed by atoms with van der Waals surface area (Å²) in [6.45, 7) is 0. The summed E-state index contributed by atoms with van der Waals surface area (Å²) in [4.78, 5) is 3.01. The van der Waals surface area contributed by atoms with Crippen molar-refractivity contribution < 1.29 is 8.42 Å². The van der Waals surface area contributed by atoms with Crippen molar-refractivity contribution in [2.75, 3.05) is 23.0 Å². The second kappa shape index (κ2) is 7.80. The van der Waals surface area contributed by atoms with Gasteiger partial charge in [-0.25, -0.2) is 8.42 Å². The van der Waals surface area contributed by atoms with Gasteiger partial charge >= 0.3 is 0 Å². The van der Waals surface area contributed by atoms with Crippen molar-refractivity contribution in [3.63, 3.8) is 0 Å². The Morgan fingerprint density at radius 3 is 1.44 bits per heavy atom. The Hall–Kier alpha value is -0.210. The highest BCUT2D eigenvalue weighted by Crippen LogP contribution is 2.36. The van der Waals surface area contributed by atoms with Gasteiger partial charge < -0.3 is 0 Å². The second-order valence-corrected chi connectivity index (χ2v) is 12.8. The minimum Gasteiger partial charge on any atom is -0.219 e. The van der Waals surface area contributed by atoms with Crippen molar-refractivity contribution in [2.24, 2.45) is 0 Å². The standard InChI is InChI=1S/C18H18O2S5/c19-25(20,17-5-1-13(2-6-17)21-9-15-11-23-15)18-7-3-14(4-8-18)22-10-16-12-24-16/h1-8,15-16H,9-12H2. The highest BCUT2D eigenvalue weighted by molar-refractivity contribution is 8.09. The number of sulfone groups is 1. The van der Waals surface area contributed by atoms with Gasteiger partial charge in [0, 0.05) is 43.3 Å². The van der Waals surface area contributed by atoms with E-state index in [2.05, 4.69) is 0 Å². The molecule has 0 saturated carbocycles. The summed E-state index contributed by atoms with van der Waals surface area (Å²) >= 11 is 7.57. The third kappa shape index (κ3) is 4.95. The van der Waals surface area contributed by atoms with E-state index in [-0.39, 0.29) is 0 Å². The van der Waals surface area contributed by atoms with Crippen LogP contribution in [0.15, 0.2) is 68.1 Å². The molecule has 2 unspecified atom stereocenters. The molecule has 2 nitrogen and oxygen atoms in total. The fraction of sp³-hybridized carbons (Fsp3) is 0.333. The summed E-state index contributed by atoms with van der Waals surface area (Å²) in [6.07, 6.45) is 0. The van der Waals surface area contributed by atoms with E-state index in [9.17, 15) is 8.42 Å². The third-order valence-electron chi connectivity index (χ3n) is 3.94. The predicted molar refractivity (Wildman–Crippen MR) is 112 cm³/mol. The van der Waals surface area contributed by atoms with Crippen LogP contribution < -0.4 is 0 Å². The number of benzene rings is 2. The van der Waals surface area contributed by atoms with Gasteiger partial charge in [0.05, 0.1) is 9.79 Å². The van der Waals surface area contributed by atoms with Crippen LogP contribution >= 0.6 is 47.0 Å². The smallest absolute Gasteiger partial charge is 0.206 e. The van der Waals surface area contributed by atoms with Gasteiger partial charge in [0.1, 0.15) is 0 Å². The number of hydrogen-bond acceptors (Lipinski definition) is 6. The Bertz CT molecular complexity index is 757. The normalized spacial score (nSPS) is 21.9. The fourth-order valence-electron chi connectivity index (χ4n) is 2.27. The maximum atomic E-state index is 12.8. The monoisotopic (exact) mass is 426 g/mol. The Balaban J connectivity index is 1.43. The van der Waals surface area contributed by atoms with E-state index in [0.717, 1.165) is 31.8 Å². The molecule has 2 aromatic carbocycles. The van der Waals surface area contributed by atoms with E-state index >= 15 is 0 Å². The van der Waals surface area contributed by atoms with Crippen LogP contribution in [0.5, 0.6) is 0 Å². The molecule has 2 aliphatic heterocycles. The van der Waals surface area contributed by atoms with E-state index in [1.165, 1.54) is 11.5 Å². The molecule has 2 heterocycles. The van der Waals surface area contributed by atoms with E-state index in [4.69, 9.17) is 0 Å². The van der Waals surface area contributed by atoms with Crippen molar-refractivity contribution in [3.8, 4) is 0 Å². The lowest BCUT2D eigenvalue weighted by Crippen LogP contribution is -2.01. The molecular weight excluding hydrogens is 409 g/mol. The van der Waals surface area contributed by atoms with Crippen molar-refractivity contribution in [3.05, 3.63) is 48.5 Å². The van der Waals surface area contributed by atoms with Crippen LogP contribution in [-0.4, -0.2) is 41.9 Å². The molecule has 0 N–H and O–H groups in total. The average Bonchev–Trinajstić information content (AvgIpc) is 3.54. The molecule has 4 rings (SSSR count).